The van der Waals surface area contributed by atoms with Gasteiger partial charge in [-0.05, 0) is 20.8 Å². The predicted octanol–water partition coefficient (Wildman–Crippen LogP) is 1.07. The number of rotatable bonds is 29. The Labute approximate surface area is 221 Å². The second kappa shape index (κ2) is 27.8. The molecule has 0 radical (unpaired) electrons. The predicted molar refractivity (Wildman–Crippen MR) is 134 cm³/mol. The fourth-order valence-electron chi connectivity index (χ4n) is 2.44. The lowest BCUT2D eigenvalue weighted by atomic mass is 10.2. The normalized spacial score (nSPS) is 11.6. The fraction of sp³-hybridized carbons (Fsp3) is 0.920. The Hall–Kier alpha value is -1.22. The first-order chi connectivity index (χ1) is 18.0. The summed E-state index contributed by atoms with van der Waals surface area (Å²) in [6, 6.07) is 0. The van der Waals surface area contributed by atoms with E-state index in [9.17, 15) is 9.59 Å². The van der Waals surface area contributed by atoms with Crippen LogP contribution in [0.2, 0.25) is 0 Å². The zero-order chi connectivity index (χ0) is 27.3. The summed E-state index contributed by atoms with van der Waals surface area (Å²) in [5, 5.41) is 0. The van der Waals surface area contributed by atoms with Gasteiger partial charge in [0.15, 0.2) is 0 Å². The average Bonchev–Trinajstić information content (AvgIpc) is 2.84. The Bertz CT molecular complexity index is 499. The van der Waals surface area contributed by atoms with Gasteiger partial charge in [-0.2, -0.15) is 0 Å². The minimum Gasteiger partial charge on any atom is -0.460 e. The first kappa shape index (κ1) is 35.8. The van der Waals surface area contributed by atoms with Crippen LogP contribution in [-0.4, -0.2) is 137 Å². The standard InChI is InChI=1S/C25H48O12/c1-25(2,3)37-24(27)4-6-28-8-10-30-12-14-32-16-18-34-20-22-36-23-21-35-19-17-33-15-13-31-11-9-29-7-5-26/h5H,4,6-23H2,1-3H3. The van der Waals surface area contributed by atoms with Crippen molar-refractivity contribution < 1.29 is 57.0 Å². The van der Waals surface area contributed by atoms with Crippen LogP contribution in [0.5, 0.6) is 0 Å². The van der Waals surface area contributed by atoms with Crippen molar-refractivity contribution in [2.45, 2.75) is 32.8 Å². The second-order valence-corrected chi connectivity index (χ2v) is 8.48. The van der Waals surface area contributed by atoms with E-state index in [1.807, 2.05) is 20.8 Å². The maximum atomic E-state index is 11.5. The highest BCUT2D eigenvalue weighted by atomic mass is 16.6. The van der Waals surface area contributed by atoms with Gasteiger partial charge in [0.05, 0.1) is 119 Å². The van der Waals surface area contributed by atoms with E-state index in [0.717, 1.165) is 0 Å². The molecular formula is C25H48O12. The summed E-state index contributed by atoms with van der Waals surface area (Å²) in [6.07, 6.45) is 0.939. The lowest BCUT2D eigenvalue weighted by molar-refractivity contribution is -0.156. The third kappa shape index (κ3) is 32.8. The van der Waals surface area contributed by atoms with E-state index in [1.54, 1.807) is 0 Å². The van der Waals surface area contributed by atoms with Crippen LogP contribution in [0.3, 0.4) is 0 Å². The molecule has 0 saturated heterocycles. The summed E-state index contributed by atoms with van der Waals surface area (Å²) < 4.78 is 53.2. The van der Waals surface area contributed by atoms with Gasteiger partial charge in [0, 0.05) is 0 Å². The van der Waals surface area contributed by atoms with Crippen molar-refractivity contribution in [1.82, 2.24) is 0 Å². The van der Waals surface area contributed by atoms with Crippen molar-refractivity contribution in [3.05, 3.63) is 0 Å². The summed E-state index contributed by atoms with van der Waals surface area (Å²) in [6.45, 7) is 13.4. The molecule has 0 aliphatic rings. The van der Waals surface area contributed by atoms with Gasteiger partial charge in [-0.25, -0.2) is 0 Å². The minimum atomic E-state index is -0.472. The first-order valence-corrected chi connectivity index (χ1v) is 12.8. The molecule has 0 saturated carbocycles. The quantitative estimate of drug-likeness (QED) is 0.0765. The van der Waals surface area contributed by atoms with Crippen LogP contribution in [0.1, 0.15) is 27.2 Å². The second-order valence-electron chi connectivity index (χ2n) is 8.48. The van der Waals surface area contributed by atoms with Gasteiger partial charge in [-0.1, -0.05) is 0 Å². The molecule has 0 aliphatic heterocycles. The monoisotopic (exact) mass is 540 g/mol. The topological polar surface area (TPSA) is 126 Å². The third-order valence-electron chi connectivity index (χ3n) is 4.03. The summed E-state index contributed by atoms with van der Waals surface area (Å²) in [7, 11) is 0. The van der Waals surface area contributed by atoms with Crippen LogP contribution < -0.4 is 0 Å². The molecule has 0 amide bonds. The molecule has 0 rings (SSSR count). The number of carbonyl (C=O) groups is 2. The van der Waals surface area contributed by atoms with Crippen molar-refractivity contribution >= 4 is 12.3 Å². The number of hydrogen-bond donors (Lipinski definition) is 0. The maximum Gasteiger partial charge on any atom is 0.308 e. The van der Waals surface area contributed by atoms with Gasteiger partial charge in [0.25, 0.3) is 0 Å². The molecule has 0 aromatic heterocycles. The van der Waals surface area contributed by atoms with Gasteiger partial charge < -0.3 is 52.2 Å². The van der Waals surface area contributed by atoms with Gasteiger partial charge in [0.2, 0.25) is 0 Å². The van der Waals surface area contributed by atoms with E-state index in [-0.39, 0.29) is 19.0 Å². The Morgan fingerprint density at radius 2 is 0.757 bits per heavy atom. The Balaban J connectivity index is 3.10. The number of esters is 1. The highest BCUT2D eigenvalue weighted by Gasteiger charge is 2.15. The Kier molecular flexibility index (Phi) is 26.9. The molecule has 0 aromatic rings. The molecule has 12 heteroatoms. The summed E-state index contributed by atoms with van der Waals surface area (Å²) >= 11 is 0. The number of ether oxygens (including phenoxy) is 10. The van der Waals surface area contributed by atoms with E-state index in [1.165, 1.54) is 0 Å². The lowest BCUT2D eigenvalue weighted by Gasteiger charge is -2.19. The molecule has 0 bridgehead atoms. The van der Waals surface area contributed by atoms with Gasteiger partial charge in [0.1, 0.15) is 18.5 Å². The molecular weight excluding hydrogens is 492 g/mol. The maximum absolute atomic E-state index is 11.5. The van der Waals surface area contributed by atoms with Crippen molar-refractivity contribution in [2.75, 3.05) is 119 Å². The molecule has 0 N–H and O–H groups in total. The van der Waals surface area contributed by atoms with Crippen molar-refractivity contribution in [2.24, 2.45) is 0 Å². The number of aldehydes is 1. The van der Waals surface area contributed by atoms with Crippen LogP contribution in [0.25, 0.3) is 0 Å². The van der Waals surface area contributed by atoms with Gasteiger partial charge >= 0.3 is 5.97 Å². The molecule has 0 aliphatic carbocycles. The molecule has 0 fully saturated rings. The number of hydrogen-bond acceptors (Lipinski definition) is 12. The number of carbonyl (C=O) groups excluding carboxylic acids is 2. The van der Waals surface area contributed by atoms with Crippen LogP contribution in [0.15, 0.2) is 0 Å². The minimum absolute atomic E-state index is 0.0975. The zero-order valence-electron chi connectivity index (χ0n) is 22.9. The van der Waals surface area contributed by atoms with Crippen LogP contribution in [-0.2, 0) is 57.0 Å². The molecule has 0 aromatic carbocycles. The van der Waals surface area contributed by atoms with E-state index in [2.05, 4.69) is 0 Å². The third-order valence-corrected chi connectivity index (χ3v) is 4.03. The molecule has 220 valence electrons. The smallest absolute Gasteiger partial charge is 0.308 e. The Morgan fingerprint density at radius 3 is 1.03 bits per heavy atom. The molecule has 0 spiro atoms. The van der Waals surface area contributed by atoms with E-state index < -0.39 is 5.60 Å². The summed E-state index contributed by atoms with van der Waals surface area (Å²) in [5.41, 5.74) is -0.472. The SMILES string of the molecule is CC(C)(C)OC(=O)CCOCCOCCOCCOCCOCCOCCOCCOCCOCC=O. The Morgan fingerprint density at radius 1 is 0.486 bits per heavy atom. The van der Waals surface area contributed by atoms with Crippen molar-refractivity contribution in [1.29, 1.82) is 0 Å². The largest absolute Gasteiger partial charge is 0.460 e. The molecule has 12 nitrogen and oxygen atoms in total. The van der Waals surface area contributed by atoms with Gasteiger partial charge in [-0.3, -0.25) is 4.79 Å². The molecule has 37 heavy (non-hydrogen) atoms. The summed E-state index contributed by atoms with van der Waals surface area (Å²) in [5.74, 6) is -0.266. The van der Waals surface area contributed by atoms with Crippen LogP contribution >= 0.6 is 0 Å². The van der Waals surface area contributed by atoms with E-state index in [4.69, 9.17) is 47.4 Å². The highest BCUT2D eigenvalue weighted by Crippen LogP contribution is 2.08. The molecule has 0 atom stereocenters. The average molecular weight is 541 g/mol. The molecule has 0 heterocycles. The van der Waals surface area contributed by atoms with Crippen molar-refractivity contribution in [3.63, 3.8) is 0 Å². The van der Waals surface area contributed by atoms with Crippen LogP contribution in [0.4, 0.5) is 0 Å². The summed E-state index contributed by atoms with van der Waals surface area (Å²) in [4.78, 5) is 21.6. The van der Waals surface area contributed by atoms with E-state index >= 15 is 0 Å². The van der Waals surface area contributed by atoms with Crippen molar-refractivity contribution in [3.8, 4) is 0 Å². The fourth-order valence-corrected chi connectivity index (χ4v) is 2.44. The van der Waals surface area contributed by atoms with E-state index in [0.29, 0.717) is 119 Å². The first-order valence-electron chi connectivity index (χ1n) is 12.8. The highest BCUT2D eigenvalue weighted by molar-refractivity contribution is 5.69. The van der Waals surface area contributed by atoms with Gasteiger partial charge in [-0.15, -0.1) is 0 Å². The molecule has 0 unspecified atom stereocenters. The zero-order valence-corrected chi connectivity index (χ0v) is 22.9. The van der Waals surface area contributed by atoms with Crippen LogP contribution in [0, 0.1) is 0 Å². The lowest BCUT2D eigenvalue weighted by Crippen LogP contribution is -2.24.